The zero-order valence-corrected chi connectivity index (χ0v) is 6.98. The van der Waals surface area contributed by atoms with Crippen LogP contribution in [0.25, 0.3) is 0 Å². The molecule has 1 amide bonds. The van der Waals surface area contributed by atoms with E-state index in [0.29, 0.717) is 6.54 Å². The van der Waals surface area contributed by atoms with Crippen molar-refractivity contribution in [3.05, 3.63) is 0 Å². The molecular formula is C8H14N2O. The molecule has 3 nitrogen and oxygen atoms in total. The summed E-state index contributed by atoms with van der Waals surface area (Å²) >= 11 is 0. The zero-order chi connectivity index (χ0) is 8.69. The molecule has 1 atom stereocenters. The minimum atomic E-state index is -0.253. The summed E-state index contributed by atoms with van der Waals surface area (Å²) in [6.07, 6.45) is 0.861. The smallest absolute Gasteiger partial charge is 0.295 e. The van der Waals surface area contributed by atoms with Gasteiger partial charge in [0, 0.05) is 12.6 Å². The van der Waals surface area contributed by atoms with Crippen LogP contribution < -0.4 is 11.1 Å². The Hall–Kier alpha value is -1.01. The van der Waals surface area contributed by atoms with Crippen LogP contribution in [0, 0.1) is 11.8 Å². The fourth-order valence-electron chi connectivity index (χ4n) is 0.526. The average Bonchev–Trinajstić information content (AvgIpc) is 2.01. The maximum absolute atomic E-state index is 10.7. The van der Waals surface area contributed by atoms with E-state index in [2.05, 4.69) is 17.2 Å². The molecule has 0 spiro atoms. The van der Waals surface area contributed by atoms with Crippen LogP contribution in [0.4, 0.5) is 0 Å². The Bertz CT molecular complexity index is 178. The Morgan fingerprint density at radius 3 is 2.82 bits per heavy atom. The summed E-state index contributed by atoms with van der Waals surface area (Å²) in [7, 11) is 0. The number of carbonyl (C=O) groups is 1. The van der Waals surface area contributed by atoms with Crippen molar-refractivity contribution in [2.45, 2.75) is 26.3 Å². The third-order valence-electron chi connectivity index (χ3n) is 1.29. The van der Waals surface area contributed by atoms with E-state index >= 15 is 0 Å². The third kappa shape index (κ3) is 5.43. The monoisotopic (exact) mass is 154 g/mol. The molecule has 0 aliphatic heterocycles. The number of amides is 1. The quantitative estimate of drug-likeness (QED) is 0.556. The third-order valence-corrected chi connectivity index (χ3v) is 1.29. The molecule has 1 unspecified atom stereocenters. The van der Waals surface area contributed by atoms with Crippen molar-refractivity contribution in [1.82, 2.24) is 5.32 Å². The molecule has 0 fully saturated rings. The second kappa shape index (κ2) is 5.75. The van der Waals surface area contributed by atoms with Crippen LogP contribution in [-0.4, -0.2) is 18.5 Å². The molecule has 0 aromatic carbocycles. The highest BCUT2D eigenvalue weighted by Crippen LogP contribution is 1.81. The lowest BCUT2D eigenvalue weighted by Gasteiger charge is -2.06. The molecule has 0 saturated heterocycles. The Morgan fingerprint density at radius 1 is 1.73 bits per heavy atom. The number of rotatable bonds is 3. The molecule has 0 radical (unpaired) electrons. The Kier molecular flexibility index (Phi) is 5.22. The molecule has 11 heavy (non-hydrogen) atoms. The second-order valence-electron chi connectivity index (χ2n) is 2.25. The first-order valence-electron chi connectivity index (χ1n) is 3.66. The van der Waals surface area contributed by atoms with Crippen molar-refractivity contribution in [2.24, 2.45) is 5.73 Å². The van der Waals surface area contributed by atoms with Crippen LogP contribution >= 0.6 is 0 Å². The topological polar surface area (TPSA) is 55.1 Å². The summed E-state index contributed by atoms with van der Waals surface area (Å²) in [5.41, 5.74) is 5.55. The fourth-order valence-corrected chi connectivity index (χ4v) is 0.526. The summed E-state index contributed by atoms with van der Waals surface area (Å²) in [6.45, 7) is 4.10. The lowest BCUT2D eigenvalue weighted by molar-refractivity contribution is -0.115. The van der Waals surface area contributed by atoms with Crippen molar-refractivity contribution < 1.29 is 4.79 Å². The molecule has 0 bridgehead atoms. The van der Waals surface area contributed by atoms with Crippen LogP contribution in [0.5, 0.6) is 0 Å². The van der Waals surface area contributed by atoms with Gasteiger partial charge in [0.2, 0.25) is 0 Å². The Balaban J connectivity index is 3.51. The van der Waals surface area contributed by atoms with Crippen molar-refractivity contribution in [3.63, 3.8) is 0 Å². The minimum Gasteiger partial charge on any atom is -0.344 e. The number of nitrogens with two attached hydrogens (primary N) is 1. The molecule has 0 aromatic rings. The standard InChI is InChI=1S/C8H14N2O/c1-3-5-8(11)10-6-7(9)4-2/h7H,4,6,9H2,1-2H3,(H,10,11). The first-order valence-corrected chi connectivity index (χ1v) is 3.66. The van der Waals surface area contributed by atoms with Gasteiger partial charge in [0.25, 0.3) is 5.91 Å². The van der Waals surface area contributed by atoms with Gasteiger partial charge in [-0.05, 0) is 19.3 Å². The van der Waals surface area contributed by atoms with Crippen LogP contribution in [0.2, 0.25) is 0 Å². The Morgan fingerprint density at radius 2 is 2.36 bits per heavy atom. The molecule has 0 aliphatic rings. The van der Waals surface area contributed by atoms with Crippen molar-refractivity contribution in [3.8, 4) is 11.8 Å². The average molecular weight is 154 g/mol. The summed E-state index contributed by atoms with van der Waals surface area (Å²) < 4.78 is 0. The highest BCUT2D eigenvalue weighted by Gasteiger charge is 1.99. The summed E-state index contributed by atoms with van der Waals surface area (Å²) in [6, 6.07) is 0.0395. The van der Waals surface area contributed by atoms with E-state index in [1.54, 1.807) is 6.92 Å². The van der Waals surface area contributed by atoms with Gasteiger partial charge in [-0.1, -0.05) is 12.8 Å². The van der Waals surface area contributed by atoms with E-state index in [9.17, 15) is 4.79 Å². The first kappa shape index (κ1) is 9.99. The van der Waals surface area contributed by atoms with E-state index < -0.39 is 0 Å². The molecule has 0 aliphatic carbocycles. The summed E-state index contributed by atoms with van der Waals surface area (Å²) in [5, 5.41) is 2.60. The maximum Gasteiger partial charge on any atom is 0.295 e. The number of hydrogen-bond acceptors (Lipinski definition) is 2. The van der Waals surface area contributed by atoms with Gasteiger partial charge < -0.3 is 11.1 Å². The lowest BCUT2D eigenvalue weighted by Crippen LogP contribution is -2.36. The van der Waals surface area contributed by atoms with Gasteiger partial charge in [-0.25, -0.2) is 0 Å². The van der Waals surface area contributed by atoms with E-state index in [4.69, 9.17) is 5.73 Å². The predicted octanol–water partition coefficient (Wildman–Crippen LogP) is -0.137. The number of nitrogens with one attached hydrogen (secondary N) is 1. The highest BCUT2D eigenvalue weighted by atomic mass is 16.1. The number of hydrogen-bond donors (Lipinski definition) is 2. The summed E-state index contributed by atoms with van der Waals surface area (Å²) in [4.78, 5) is 10.7. The lowest BCUT2D eigenvalue weighted by atomic mass is 10.2. The minimum absolute atomic E-state index is 0.0395. The van der Waals surface area contributed by atoms with Gasteiger partial charge in [-0.3, -0.25) is 4.79 Å². The van der Waals surface area contributed by atoms with Crippen LogP contribution in [-0.2, 0) is 4.79 Å². The molecule has 3 N–H and O–H groups in total. The molecule has 0 aromatic heterocycles. The molecule has 0 saturated carbocycles. The summed E-state index contributed by atoms with van der Waals surface area (Å²) in [5.74, 6) is 4.62. The van der Waals surface area contributed by atoms with E-state index in [-0.39, 0.29) is 11.9 Å². The van der Waals surface area contributed by atoms with Gasteiger partial charge in [0.1, 0.15) is 0 Å². The largest absolute Gasteiger partial charge is 0.344 e. The van der Waals surface area contributed by atoms with Gasteiger partial charge >= 0.3 is 0 Å². The van der Waals surface area contributed by atoms with E-state index in [0.717, 1.165) is 6.42 Å². The molecular weight excluding hydrogens is 140 g/mol. The normalized spacial score (nSPS) is 11.2. The van der Waals surface area contributed by atoms with Crippen molar-refractivity contribution >= 4 is 5.91 Å². The Labute approximate surface area is 67.3 Å². The molecule has 0 heterocycles. The van der Waals surface area contributed by atoms with Gasteiger partial charge in [0.05, 0.1) is 0 Å². The SMILES string of the molecule is CC#CC(=O)NCC(N)CC. The first-order chi connectivity index (χ1) is 5.20. The van der Waals surface area contributed by atoms with Crippen molar-refractivity contribution in [1.29, 1.82) is 0 Å². The number of carbonyl (C=O) groups excluding carboxylic acids is 1. The van der Waals surface area contributed by atoms with Gasteiger partial charge in [0.15, 0.2) is 0 Å². The zero-order valence-electron chi connectivity index (χ0n) is 6.98. The van der Waals surface area contributed by atoms with E-state index in [1.807, 2.05) is 6.92 Å². The van der Waals surface area contributed by atoms with Crippen LogP contribution in [0.1, 0.15) is 20.3 Å². The predicted molar refractivity (Wildman–Crippen MR) is 44.7 cm³/mol. The fraction of sp³-hybridized carbons (Fsp3) is 0.625. The second-order valence-corrected chi connectivity index (χ2v) is 2.25. The molecule has 0 rings (SSSR count). The highest BCUT2D eigenvalue weighted by molar-refractivity contribution is 5.93. The molecule has 62 valence electrons. The van der Waals surface area contributed by atoms with E-state index in [1.165, 1.54) is 0 Å². The molecule has 3 heteroatoms. The van der Waals surface area contributed by atoms with Crippen LogP contribution in [0.15, 0.2) is 0 Å². The van der Waals surface area contributed by atoms with Gasteiger partial charge in [-0.15, -0.1) is 0 Å². The van der Waals surface area contributed by atoms with Crippen molar-refractivity contribution in [2.75, 3.05) is 6.54 Å². The van der Waals surface area contributed by atoms with Crippen LogP contribution in [0.3, 0.4) is 0 Å². The van der Waals surface area contributed by atoms with Gasteiger partial charge in [-0.2, -0.15) is 0 Å². The maximum atomic E-state index is 10.7.